The van der Waals surface area contributed by atoms with Crippen molar-refractivity contribution >= 4 is 17.7 Å². The predicted molar refractivity (Wildman–Crippen MR) is 89.8 cm³/mol. The second kappa shape index (κ2) is 7.98. The zero-order valence-electron chi connectivity index (χ0n) is 13.3. The van der Waals surface area contributed by atoms with E-state index in [-0.39, 0.29) is 5.91 Å². The second-order valence-electron chi connectivity index (χ2n) is 4.87. The van der Waals surface area contributed by atoms with Crippen molar-refractivity contribution < 1.29 is 4.79 Å². The van der Waals surface area contributed by atoms with Gasteiger partial charge in [0.2, 0.25) is 11.1 Å². The van der Waals surface area contributed by atoms with Gasteiger partial charge in [-0.2, -0.15) is 0 Å². The zero-order chi connectivity index (χ0) is 15.9. The van der Waals surface area contributed by atoms with Gasteiger partial charge in [0.1, 0.15) is 0 Å². The Morgan fingerprint density at radius 1 is 1.18 bits per heavy atom. The highest BCUT2D eigenvalue weighted by Crippen LogP contribution is 2.20. The minimum absolute atomic E-state index is 0.119. The minimum atomic E-state index is 0.119. The number of nitrogens with one attached hydrogen (secondary N) is 1. The highest BCUT2D eigenvalue weighted by Gasteiger charge is 2.12. The van der Waals surface area contributed by atoms with Crippen LogP contribution in [0.4, 0.5) is 0 Å². The average Bonchev–Trinajstić information content (AvgIpc) is 3.03. The highest BCUT2D eigenvalue weighted by atomic mass is 32.2. The van der Waals surface area contributed by atoms with Crippen LogP contribution in [0, 0.1) is 0 Å². The maximum absolute atomic E-state index is 12.0. The molecule has 2 rings (SSSR count). The Morgan fingerprint density at radius 2 is 1.86 bits per heavy atom. The smallest absolute Gasteiger partial charge is 0.233 e. The van der Waals surface area contributed by atoms with Gasteiger partial charge in [-0.05, 0) is 25.8 Å². The number of nitrogens with zero attached hydrogens (tertiary/aromatic N) is 3. The van der Waals surface area contributed by atoms with Crippen LogP contribution < -0.4 is 0 Å². The topological polar surface area (TPSA) is 61.9 Å². The van der Waals surface area contributed by atoms with Crippen molar-refractivity contribution in [1.82, 2.24) is 20.1 Å². The molecule has 0 radical (unpaired) electrons. The molecule has 1 aromatic heterocycles. The maximum atomic E-state index is 12.0. The summed E-state index contributed by atoms with van der Waals surface area (Å²) in [6.45, 7) is 7.57. The summed E-state index contributed by atoms with van der Waals surface area (Å²) in [7, 11) is 0. The van der Waals surface area contributed by atoms with Crippen LogP contribution in [0.3, 0.4) is 0 Å². The monoisotopic (exact) mass is 318 g/mol. The van der Waals surface area contributed by atoms with Gasteiger partial charge in [-0.3, -0.25) is 9.89 Å². The van der Waals surface area contributed by atoms with Crippen LogP contribution in [0.1, 0.15) is 26.3 Å². The third kappa shape index (κ3) is 4.10. The molecule has 0 aliphatic rings. The summed E-state index contributed by atoms with van der Waals surface area (Å²) in [5, 5.41) is 7.71. The normalized spacial score (nSPS) is 10.7. The van der Waals surface area contributed by atoms with E-state index in [1.165, 1.54) is 17.3 Å². The molecule has 1 N–H and O–H groups in total. The molecule has 0 spiro atoms. The molecule has 0 fully saturated rings. The Morgan fingerprint density at radius 3 is 2.45 bits per heavy atom. The summed E-state index contributed by atoms with van der Waals surface area (Å²) in [5.41, 5.74) is 2.30. The molecule has 1 amide bonds. The molecule has 6 heteroatoms. The Balaban J connectivity index is 1.97. The van der Waals surface area contributed by atoms with E-state index < -0.39 is 0 Å². The molecule has 0 saturated heterocycles. The van der Waals surface area contributed by atoms with Crippen molar-refractivity contribution in [3.63, 3.8) is 0 Å². The van der Waals surface area contributed by atoms with Crippen LogP contribution in [0.25, 0.3) is 11.4 Å². The van der Waals surface area contributed by atoms with E-state index in [0.29, 0.717) is 10.9 Å². The van der Waals surface area contributed by atoms with Crippen LogP contribution in [-0.4, -0.2) is 44.8 Å². The van der Waals surface area contributed by atoms with Gasteiger partial charge in [0, 0.05) is 18.7 Å². The summed E-state index contributed by atoms with van der Waals surface area (Å²) < 4.78 is 0. The van der Waals surface area contributed by atoms with Gasteiger partial charge in [-0.1, -0.05) is 43.0 Å². The Labute approximate surface area is 135 Å². The van der Waals surface area contributed by atoms with Crippen molar-refractivity contribution in [2.75, 3.05) is 18.8 Å². The van der Waals surface area contributed by atoms with Crippen LogP contribution in [0.15, 0.2) is 29.4 Å². The number of benzene rings is 1. The lowest BCUT2D eigenvalue weighted by Crippen LogP contribution is -2.31. The summed E-state index contributed by atoms with van der Waals surface area (Å²) in [6, 6.07) is 8.26. The van der Waals surface area contributed by atoms with Gasteiger partial charge in [0.25, 0.3) is 0 Å². The first-order chi connectivity index (χ1) is 10.7. The third-order valence-electron chi connectivity index (χ3n) is 3.54. The zero-order valence-corrected chi connectivity index (χ0v) is 14.1. The lowest BCUT2D eigenvalue weighted by Gasteiger charge is -2.17. The number of aromatic nitrogens is 3. The number of aromatic amines is 1. The predicted octanol–water partition coefficient (Wildman–Crippen LogP) is 2.99. The van der Waals surface area contributed by atoms with Gasteiger partial charge in [-0.25, -0.2) is 4.98 Å². The molecule has 22 heavy (non-hydrogen) atoms. The van der Waals surface area contributed by atoms with Crippen molar-refractivity contribution in [2.24, 2.45) is 0 Å². The molecular formula is C16H22N4OS. The molecule has 5 nitrogen and oxygen atoms in total. The number of hydrogen-bond acceptors (Lipinski definition) is 4. The lowest BCUT2D eigenvalue weighted by molar-refractivity contribution is -0.127. The van der Waals surface area contributed by atoms with E-state index in [0.717, 1.165) is 30.9 Å². The van der Waals surface area contributed by atoms with Gasteiger partial charge >= 0.3 is 0 Å². The summed E-state index contributed by atoms with van der Waals surface area (Å²) >= 11 is 1.37. The van der Waals surface area contributed by atoms with E-state index in [9.17, 15) is 4.79 Å². The summed E-state index contributed by atoms with van der Waals surface area (Å²) in [5.74, 6) is 1.22. The van der Waals surface area contributed by atoms with E-state index in [1.54, 1.807) is 0 Å². The molecule has 0 unspecified atom stereocenters. The maximum Gasteiger partial charge on any atom is 0.233 e. The number of carbonyl (C=O) groups excluding carboxylic acids is 1. The number of aryl methyl sites for hydroxylation is 1. The van der Waals surface area contributed by atoms with E-state index in [4.69, 9.17) is 0 Å². The summed E-state index contributed by atoms with van der Waals surface area (Å²) in [4.78, 5) is 18.2. The van der Waals surface area contributed by atoms with E-state index >= 15 is 0 Å². The molecule has 0 aliphatic carbocycles. The third-order valence-corrected chi connectivity index (χ3v) is 4.37. The fourth-order valence-corrected chi connectivity index (χ4v) is 2.83. The second-order valence-corrected chi connectivity index (χ2v) is 5.81. The van der Waals surface area contributed by atoms with Gasteiger partial charge in [0.05, 0.1) is 5.75 Å². The molecule has 1 aromatic carbocycles. The standard InChI is InChI=1S/C16H22N4OS/c1-4-12-7-9-13(10-8-12)15-17-16(19-18-15)22-11-14(21)20(5-2)6-3/h7-10H,4-6,11H2,1-3H3,(H,17,18,19). The summed E-state index contributed by atoms with van der Waals surface area (Å²) in [6.07, 6.45) is 1.02. The largest absolute Gasteiger partial charge is 0.343 e. The average molecular weight is 318 g/mol. The van der Waals surface area contributed by atoms with Crippen LogP contribution >= 0.6 is 11.8 Å². The number of rotatable bonds is 7. The molecule has 1 heterocycles. The van der Waals surface area contributed by atoms with Crippen molar-refractivity contribution in [3.05, 3.63) is 29.8 Å². The molecule has 0 atom stereocenters. The number of thioether (sulfide) groups is 1. The van der Waals surface area contributed by atoms with Crippen molar-refractivity contribution in [2.45, 2.75) is 32.3 Å². The molecular weight excluding hydrogens is 296 g/mol. The van der Waals surface area contributed by atoms with Crippen LogP contribution in [0.5, 0.6) is 0 Å². The van der Waals surface area contributed by atoms with Gasteiger partial charge in [0.15, 0.2) is 5.82 Å². The minimum Gasteiger partial charge on any atom is -0.343 e. The number of H-pyrrole nitrogens is 1. The van der Waals surface area contributed by atoms with Gasteiger partial charge in [-0.15, -0.1) is 5.10 Å². The first-order valence-corrected chi connectivity index (χ1v) is 8.58. The molecule has 2 aromatic rings. The molecule has 118 valence electrons. The Kier molecular flexibility index (Phi) is 6.00. The highest BCUT2D eigenvalue weighted by molar-refractivity contribution is 7.99. The lowest BCUT2D eigenvalue weighted by atomic mass is 10.1. The number of amides is 1. The van der Waals surface area contributed by atoms with E-state index in [2.05, 4.69) is 34.2 Å². The fourth-order valence-electron chi connectivity index (χ4n) is 2.13. The number of carbonyl (C=O) groups is 1. The van der Waals surface area contributed by atoms with Gasteiger partial charge < -0.3 is 4.90 Å². The quantitative estimate of drug-likeness (QED) is 0.797. The molecule has 0 aliphatic heterocycles. The molecule has 0 saturated carbocycles. The Hall–Kier alpha value is -1.82. The van der Waals surface area contributed by atoms with Crippen LogP contribution in [-0.2, 0) is 11.2 Å². The first-order valence-electron chi connectivity index (χ1n) is 7.60. The Bertz CT molecular complexity index is 605. The first kappa shape index (κ1) is 16.5. The fraction of sp³-hybridized carbons (Fsp3) is 0.438. The van der Waals surface area contributed by atoms with Crippen molar-refractivity contribution in [3.8, 4) is 11.4 Å². The van der Waals surface area contributed by atoms with Crippen molar-refractivity contribution in [1.29, 1.82) is 0 Å². The van der Waals surface area contributed by atoms with E-state index in [1.807, 2.05) is 30.9 Å². The molecule has 0 bridgehead atoms. The number of hydrogen-bond donors (Lipinski definition) is 1. The SMILES string of the molecule is CCc1ccc(-c2nc(SCC(=O)N(CC)CC)n[nH]2)cc1. The van der Waals surface area contributed by atoms with Crippen LogP contribution in [0.2, 0.25) is 0 Å².